The van der Waals surface area contributed by atoms with E-state index in [1.807, 2.05) is 54.6 Å². The number of carbonyl (C=O) groups excluding carboxylic acids is 3. The van der Waals surface area contributed by atoms with Crippen LogP contribution in [0.5, 0.6) is 17.2 Å². The lowest BCUT2D eigenvalue weighted by atomic mass is 9.63. The van der Waals surface area contributed by atoms with Gasteiger partial charge in [0.2, 0.25) is 17.7 Å². The predicted molar refractivity (Wildman–Crippen MR) is 149 cm³/mol. The monoisotopic (exact) mass is 534 g/mol. The molecule has 3 amide bonds. The Morgan fingerprint density at radius 3 is 2.08 bits per heavy atom. The molecule has 5 aliphatic rings. The molecule has 0 spiro atoms. The van der Waals surface area contributed by atoms with Crippen LogP contribution in [0.1, 0.15) is 12.0 Å². The van der Waals surface area contributed by atoms with Crippen LogP contribution in [0.15, 0.2) is 91.0 Å². The van der Waals surface area contributed by atoms with Crippen molar-refractivity contribution in [3.05, 3.63) is 96.6 Å². The van der Waals surface area contributed by atoms with Gasteiger partial charge < -0.3 is 14.8 Å². The van der Waals surface area contributed by atoms with Gasteiger partial charge in [-0.15, -0.1) is 0 Å². The second-order valence-corrected chi connectivity index (χ2v) is 11.2. The van der Waals surface area contributed by atoms with Gasteiger partial charge >= 0.3 is 0 Å². The maximum Gasteiger partial charge on any atom is 0.248 e. The molecule has 1 aliphatic heterocycles. The summed E-state index contributed by atoms with van der Waals surface area (Å²) in [6.45, 7) is 0. The number of nitrogens with one attached hydrogen (secondary N) is 1. The van der Waals surface area contributed by atoms with Crippen LogP contribution in [0.3, 0.4) is 0 Å². The first-order chi connectivity index (χ1) is 19.5. The van der Waals surface area contributed by atoms with E-state index in [1.54, 1.807) is 31.4 Å². The smallest absolute Gasteiger partial charge is 0.248 e. The van der Waals surface area contributed by atoms with Crippen LogP contribution < -0.4 is 14.8 Å². The maximum absolute atomic E-state index is 13.8. The fourth-order valence-electron chi connectivity index (χ4n) is 7.09. The molecule has 1 N–H and O–H groups in total. The van der Waals surface area contributed by atoms with Gasteiger partial charge in [-0.25, -0.2) is 0 Å². The lowest BCUT2D eigenvalue weighted by Crippen LogP contribution is -2.49. The summed E-state index contributed by atoms with van der Waals surface area (Å²) in [6, 6.07) is 23.0. The van der Waals surface area contributed by atoms with Gasteiger partial charge in [0.05, 0.1) is 18.9 Å². The molecule has 8 rings (SSSR count). The van der Waals surface area contributed by atoms with Crippen molar-refractivity contribution in [1.29, 1.82) is 0 Å². The Morgan fingerprint density at radius 2 is 1.45 bits per heavy atom. The van der Waals surface area contributed by atoms with Crippen LogP contribution in [0.2, 0.25) is 0 Å². The number of carbonyl (C=O) groups is 3. The number of rotatable bonds is 8. The number of benzene rings is 3. The lowest BCUT2D eigenvalue weighted by molar-refractivity contribution is -0.146. The van der Waals surface area contributed by atoms with E-state index in [-0.39, 0.29) is 47.8 Å². The van der Waals surface area contributed by atoms with Gasteiger partial charge in [-0.1, -0.05) is 54.6 Å². The average Bonchev–Trinajstić information content (AvgIpc) is 3.77. The van der Waals surface area contributed by atoms with Crippen LogP contribution in [-0.4, -0.2) is 35.8 Å². The Morgan fingerprint density at radius 1 is 0.850 bits per heavy atom. The fraction of sp³-hybridized carbons (Fsp3) is 0.303. The summed E-state index contributed by atoms with van der Waals surface area (Å²) in [6.07, 6.45) is 5.65. The minimum absolute atomic E-state index is 0.109. The Balaban J connectivity index is 1.13. The summed E-state index contributed by atoms with van der Waals surface area (Å²) in [4.78, 5) is 42.7. The summed E-state index contributed by atoms with van der Waals surface area (Å²) >= 11 is 0. The number of hydrogen-bond acceptors (Lipinski definition) is 5. The van der Waals surface area contributed by atoms with Gasteiger partial charge in [0.15, 0.2) is 11.5 Å². The van der Waals surface area contributed by atoms with Crippen molar-refractivity contribution in [1.82, 2.24) is 4.90 Å². The third-order valence-electron chi connectivity index (χ3n) is 9.00. The first-order valence-corrected chi connectivity index (χ1v) is 13.8. The molecular formula is C33H30N2O5. The summed E-state index contributed by atoms with van der Waals surface area (Å²) in [7, 11) is 1.58. The highest BCUT2D eigenvalue weighted by Gasteiger charge is 2.67. The highest BCUT2D eigenvalue weighted by molar-refractivity contribution is 6.10. The van der Waals surface area contributed by atoms with Crippen LogP contribution in [-0.2, 0) is 20.8 Å². The van der Waals surface area contributed by atoms with Crippen molar-refractivity contribution in [3.8, 4) is 17.2 Å². The van der Waals surface area contributed by atoms with E-state index in [1.165, 1.54) is 4.90 Å². The quantitative estimate of drug-likeness (QED) is 0.322. The topological polar surface area (TPSA) is 84.9 Å². The van der Waals surface area contributed by atoms with Crippen LogP contribution in [0, 0.1) is 35.5 Å². The predicted octanol–water partition coefficient (Wildman–Crippen LogP) is 5.09. The summed E-state index contributed by atoms with van der Waals surface area (Å²) in [5.41, 5.74) is 1.44. The minimum Gasteiger partial charge on any atom is -0.493 e. The first kappa shape index (κ1) is 24.6. The van der Waals surface area contributed by atoms with Gasteiger partial charge in [0.25, 0.3) is 0 Å². The third kappa shape index (κ3) is 4.08. The molecule has 0 radical (unpaired) electrons. The standard InChI is InChI=1S/C33H30N2O5/c1-39-27-9-5-6-10-28(27)40-21-13-11-20(12-14-21)34-31(36)26(17-19-7-3-2-4-8-19)35-32(37)29-22-15-16-23(25-18-24(22)25)30(29)33(35)38/h2-16,22-26,29-30H,17-18H2,1H3,(H,34,36). The molecule has 7 heteroatoms. The van der Waals surface area contributed by atoms with Gasteiger partial charge in [0.1, 0.15) is 11.8 Å². The van der Waals surface area contributed by atoms with E-state index in [9.17, 15) is 14.4 Å². The maximum atomic E-state index is 13.8. The van der Waals surface area contributed by atoms with Crippen LogP contribution >= 0.6 is 0 Å². The Kier molecular flexibility index (Phi) is 5.95. The molecule has 7 unspecified atom stereocenters. The van der Waals surface area contributed by atoms with Gasteiger partial charge in [-0.2, -0.15) is 0 Å². The molecule has 7 nitrogen and oxygen atoms in total. The second kappa shape index (κ2) is 9.66. The van der Waals surface area contributed by atoms with Crippen LogP contribution in [0.25, 0.3) is 0 Å². The molecule has 7 atom stereocenters. The highest BCUT2D eigenvalue weighted by Crippen LogP contribution is 2.65. The molecule has 202 valence electrons. The third-order valence-corrected chi connectivity index (χ3v) is 9.00. The molecule has 3 fully saturated rings. The number of imide groups is 1. The molecule has 2 bridgehead atoms. The molecule has 1 saturated heterocycles. The minimum atomic E-state index is -0.937. The molecule has 3 aromatic carbocycles. The number of likely N-dealkylation sites (tertiary alicyclic amines) is 1. The van der Waals surface area contributed by atoms with Crippen molar-refractivity contribution in [2.45, 2.75) is 18.9 Å². The number of nitrogens with zero attached hydrogens (tertiary/aromatic N) is 1. The second-order valence-electron chi connectivity index (χ2n) is 11.2. The van der Waals surface area contributed by atoms with Crippen LogP contribution in [0.4, 0.5) is 5.69 Å². The van der Waals surface area contributed by atoms with E-state index in [0.717, 1.165) is 12.0 Å². The largest absolute Gasteiger partial charge is 0.493 e. The highest BCUT2D eigenvalue weighted by atomic mass is 16.5. The molecule has 1 heterocycles. The van der Waals surface area contributed by atoms with Gasteiger partial charge in [-0.05, 0) is 72.1 Å². The van der Waals surface area contributed by atoms with Crippen molar-refractivity contribution in [2.75, 3.05) is 12.4 Å². The van der Waals surface area contributed by atoms with E-state index in [4.69, 9.17) is 9.47 Å². The summed E-state index contributed by atoms with van der Waals surface area (Å²) in [5.74, 6) is 1.54. The fourth-order valence-corrected chi connectivity index (χ4v) is 7.09. The van der Waals surface area contributed by atoms with Crippen molar-refractivity contribution < 1.29 is 23.9 Å². The first-order valence-electron chi connectivity index (χ1n) is 13.8. The molecule has 40 heavy (non-hydrogen) atoms. The number of methoxy groups -OCH3 is 1. The van der Waals surface area contributed by atoms with Gasteiger partial charge in [0, 0.05) is 12.1 Å². The zero-order valence-electron chi connectivity index (χ0n) is 22.1. The molecule has 4 aliphatic carbocycles. The number of amides is 3. The average molecular weight is 535 g/mol. The number of hydrogen-bond donors (Lipinski definition) is 1. The Labute approximate surface area is 232 Å². The van der Waals surface area contributed by atoms with E-state index >= 15 is 0 Å². The SMILES string of the molecule is COc1ccccc1Oc1ccc(NC(=O)C(Cc2ccccc2)N2C(=O)C3C4C=CC(C5CC45)C3C2=O)cc1. The zero-order chi connectivity index (χ0) is 27.4. The van der Waals surface area contributed by atoms with Crippen molar-refractivity contribution >= 4 is 23.4 Å². The Hall–Kier alpha value is -4.39. The summed E-state index contributed by atoms with van der Waals surface area (Å²) in [5, 5.41) is 2.95. The van der Waals surface area contributed by atoms with E-state index in [0.29, 0.717) is 34.8 Å². The number of anilines is 1. The molecule has 3 aromatic rings. The molecule has 0 aromatic heterocycles. The zero-order valence-corrected chi connectivity index (χ0v) is 22.1. The van der Waals surface area contributed by atoms with Gasteiger partial charge in [-0.3, -0.25) is 19.3 Å². The molecular weight excluding hydrogens is 504 g/mol. The van der Waals surface area contributed by atoms with E-state index < -0.39 is 6.04 Å². The number of allylic oxidation sites excluding steroid dienone is 2. The lowest BCUT2D eigenvalue weighted by Gasteiger charge is -2.37. The normalized spacial score (nSPS) is 28.1. The molecule has 2 saturated carbocycles. The number of para-hydroxylation sites is 2. The number of ether oxygens (including phenoxy) is 2. The Bertz CT molecular complexity index is 1460. The van der Waals surface area contributed by atoms with E-state index in [2.05, 4.69) is 17.5 Å². The van der Waals surface area contributed by atoms with Crippen molar-refractivity contribution in [3.63, 3.8) is 0 Å². The summed E-state index contributed by atoms with van der Waals surface area (Å²) < 4.78 is 11.3. The van der Waals surface area contributed by atoms with Crippen molar-refractivity contribution in [2.24, 2.45) is 35.5 Å².